The fourth-order valence-electron chi connectivity index (χ4n) is 2.93. The minimum absolute atomic E-state index is 0.198. The number of hydrogen-bond donors (Lipinski definition) is 0. The van der Waals surface area contributed by atoms with Crippen molar-refractivity contribution in [1.82, 2.24) is 4.31 Å². The first-order chi connectivity index (χ1) is 14.4. The van der Waals surface area contributed by atoms with Crippen LogP contribution in [-0.4, -0.2) is 34.0 Å². The van der Waals surface area contributed by atoms with Crippen LogP contribution in [0.15, 0.2) is 77.7 Å². The van der Waals surface area contributed by atoms with Crippen molar-refractivity contribution in [3.05, 3.63) is 83.9 Å². The first-order valence-electron chi connectivity index (χ1n) is 9.38. The molecule has 0 aliphatic carbocycles. The van der Waals surface area contributed by atoms with Gasteiger partial charge in [0.05, 0.1) is 19.1 Å². The van der Waals surface area contributed by atoms with Crippen LogP contribution in [0, 0.1) is 0 Å². The number of rotatable bonds is 9. The van der Waals surface area contributed by atoms with Crippen LogP contribution >= 0.6 is 0 Å². The molecule has 0 aromatic heterocycles. The highest BCUT2D eigenvalue weighted by Crippen LogP contribution is 2.30. The summed E-state index contributed by atoms with van der Waals surface area (Å²) in [6.07, 6.45) is 0. The van der Waals surface area contributed by atoms with Crippen molar-refractivity contribution < 1.29 is 22.6 Å². The summed E-state index contributed by atoms with van der Waals surface area (Å²) in [7, 11) is 1.01. The Hall–Kier alpha value is -3.03. The van der Waals surface area contributed by atoms with Gasteiger partial charge in [-0.05, 0) is 47.5 Å². The molecule has 0 saturated carbocycles. The summed E-state index contributed by atoms with van der Waals surface area (Å²) in [5, 5.41) is 0. The SMILES string of the molecule is COc1ccc(S(=O)(=O)N(C)Cc2ccc(OCc3ccccc3)c(OC)c2)cc1. The van der Waals surface area contributed by atoms with Crippen molar-refractivity contribution in [2.75, 3.05) is 21.3 Å². The smallest absolute Gasteiger partial charge is 0.243 e. The van der Waals surface area contributed by atoms with Crippen molar-refractivity contribution in [2.24, 2.45) is 0 Å². The second kappa shape index (κ2) is 9.65. The van der Waals surface area contributed by atoms with E-state index < -0.39 is 10.0 Å². The molecule has 0 bridgehead atoms. The van der Waals surface area contributed by atoms with Gasteiger partial charge in [0, 0.05) is 13.6 Å². The Bertz CT molecular complexity index is 1070. The van der Waals surface area contributed by atoms with Crippen LogP contribution in [0.5, 0.6) is 17.2 Å². The van der Waals surface area contributed by atoms with Crippen molar-refractivity contribution >= 4 is 10.0 Å². The molecule has 0 aliphatic rings. The first kappa shape index (κ1) is 21.7. The van der Waals surface area contributed by atoms with Crippen LogP contribution in [-0.2, 0) is 23.2 Å². The Morgan fingerprint density at radius 1 is 0.800 bits per heavy atom. The lowest BCUT2D eigenvalue weighted by Crippen LogP contribution is -2.26. The lowest BCUT2D eigenvalue weighted by molar-refractivity contribution is 0.284. The molecule has 0 aliphatic heterocycles. The maximum Gasteiger partial charge on any atom is 0.243 e. The Labute approximate surface area is 177 Å². The largest absolute Gasteiger partial charge is 0.497 e. The molecule has 0 amide bonds. The van der Waals surface area contributed by atoms with E-state index in [4.69, 9.17) is 14.2 Å². The van der Waals surface area contributed by atoms with Crippen molar-refractivity contribution in [3.8, 4) is 17.2 Å². The van der Waals surface area contributed by atoms with Gasteiger partial charge in [0.25, 0.3) is 0 Å². The average molecular weight is 428 g/mol. The highest BCUT2D eigenvalue weighted by molar-refractivity contribution is 7.89. The number of sulfonamides is 1. The maximum absolute atomic E-state index is 12.8. The summed E-state index contributed by atoms with van der Waals surface area (Å²) in [5.41, 5.74) is 1.84. The van der Waals surface area contributed by atoms with E-state index >= 15 is 0 Å². The van der Waals surface area contributed by atoms with Crippen LogP contribution in [0.25, 0.3) is 0 Å². The summed E-state index contributed by atoms with van der Waals surface area (Å²) in [6, 6.07) is 21.6. The standard InChI is InChI=1S/C23H25NO5S/c1-24(30(25,26)21-12-10-20(27-2)11-13-21)16-19-9-14-22(23(15-19)28-3)29-17-18-7-5-4-6-8-18/h4-15H,16-17H2,1-3H3. The quantitative estimate of drug-likeness (QED) is 0.514. The molecule has 0 saturated heterocycles. The predicted molar refractivity (Wildman–Crippen MR) is 115 cm³/mol. The highest BCUT2D eigenvalue weighted by Gasteiger charge is 2.21. The molecule has 0 heterocycles. The Balaban J connectivity index is 1.72. The van der Waals surface area contributed by atoms with Crippen LogP contribution in [0.1, 0.15) is 11.1 Å². The third-order valence-corrected chi connectivity index (χ3v) is 6.46. The van der Waals surface area contributed by atoms with Gasteiger partial charge < -0.3 is 14.2 Å². The van der Waals surface area contributed by atoms with Crippen molar-refractivity contribution in [2.45, 2.75) is 18.0 Å². The molecule has 0 spiro atoms. The molecule has 158 valence electrons. The highest BCUT2D eigenvalue weighted by atomic mass is 32.2. The second-order valence-electron chi connectivity index (χ2n) is 6.70. The summed E-state index contributed by atoms with van der Waals surface area (Å²) in [6.45, 7) is 0.617. The van der Waals surface area contributed by atoms with Gasteiger partial charge >= 0.3 is 0 Å². The Morgan fingerprint density at radius 2 is 1.50 bits per heavy atom. The van der Waals surface area contributed by atoms with Crippen molar-refractivity contribution in [1.29, 1.82) is 0 Å². The van der Waals surface area contributed by atoms with E-state index in [0.717, 1.165) is 11.1 Å². The van der Waals surface area contributed by atoms with Gasteiger partial charge in [0.2, 0.25) is 10.0 Å². The second-order valence-corrected chi connectivity index (χ2v) is 8.74. The summed E-state index contributed by atoms with van der Waals surface area (Å²) >= 11 is 0. The fraction of sp³-hybridized carbons (Fsp3) is 0.217. The zero-order valence-corrected chi connectivity index (χ0v) is 18.1. The topological polar surface area (TPSA) is 65.1 Å². The Morgan fingerprint density at radius 3 is 2.13 bits per heavy atom. The van der Waals surface area contributed by atoms with Crippen molar-refractivity contribution in [3.63, 3.8) is 0 Å². The monoisotopic (exact) mass is 427 g/mol. The normalized spacial score (nSPS) is 11.3. The number of nitrogens with zero attached hydrogens (tertiary/aromatic N) is 1. The van der Waals surface area contributed by atoms with E-state index in [9.17, 15) is 8.42 Å². The molecular formula is C23H25NO5S. The van der Waals surface area contributed by atoms with E-state index in [1.54, 1.807) is 38.4 Å². The molecule has 0 N–H and O–H groups in total. The van der Waals surface area contributed by atoms with E-state index in [1.165, 1.54) is 23.5 Å². The van der Waals surface area contributed by atoms with Crippen LogP contribution in [0.2, 0.25) is 0 Å². The number of hydrogen-bond acceptors (Lipinski definition) is 5. The van der Waals surface area contributed by atoms with Gasteiger partial charge in [-0.25, -0.2) is 8.42 Å². The molecule has 3 aromatic rings. The van der Waals surface area contributed by atoms with Gasteiger partial charge in [-0.2, -0.15) is 4.31 Å². The van der Waals surface area contributed by atoms with Crippen LogP contribution < -0.4 is 14.2 Å². The van der Waals surface area contributed by atoms with Crippen LogP contribution in [0.4, 0.5) is 0 Å². The first-order valence-corrected chi connectivity index (χ1v) is 10.8. The zero-order chi connectivity index (χ0) is 21.6. The Kier molecular flexibility index (Phi) is 6.97. The van der Waals surface area contributed by atoms with E-state index in [-0.39, 0.29) is 11.4 Å². The summed E-state index contributed by atoms with van der Waals surface area (Å²) in [5.74, 6) is 1.76. The maximum atomic E-state index is 12.8. The van der Waals surface area contributed by atoms with Gasteiger partial charge in [0.15, 0.2) is 11.5 Å². The molecule has 0 fully saturated rings. The van der Waals surface area contributed by atoms with E-state index in [1.807, 2.05) is 36.4 Å². The van der Waals surface area contributed by atoms with Gasteiger partial charge in [-0.3, -0.25) is 0 Å². The molecular weight excluding hydrogens is 402 g/mol. The van der Waals surface area contributed by atoms with Gasteiger partial charge in [-0.1, -0.05) is 36.4 Å². The van der Waals surface area contributed by atoms with E-state index in [2.05, 4.69) is 0 Å². The molecule has 30 heavy (non-hydrogen) atoms. The number of benzene rings is 3. The predicted octanol–water partition coefficient (Wildman–Crippen LogP) is 4.10. The van der Waals surface area contributed by atoms with Crippen LogP contribution in [0.3, 0.4) is 0 Å². The number of methoxy groups -OCH3 is 2. The third-order valence-electron chi connectivity index (χ3n) is 4.64. The van der Waals surface area contributed by atoms with Gasteiger partial charge in [0.1, 0.15) is 12.4 Å². The molecule has 0 unspecified atom stereocenters. The van der Waals surface area contributed by atoms with Gasteiger partial charge in [-0.15, -0.1) is 0 Å². The molecule has 0 atom stereocenters. The zero-order valence-electron chi connectivity index (χ0n) is 17.2. The average Bonchev–Trinajstić information content (AvgIpc) is 2.78. The molecule has 6 nitrogen and oxygen atoms in total. The summed E-state index contributed by atoms with van der Waals surface area (Å²) < 4.78 is 43.4. The lowest BCUT2D eigenvalue weighted by atomic mass is 10.2. The fourth-order valence-corrected chi connectivity index (χ4v) is 4.09. The lowest BCUT2D eigenvalue weighted by Gasteiger charge is -2.19. The third kappa shape index (κ3) is 5.11. The molecule has 7 heteroatoms. The minimum Gasteiger partial charge on any atom is -0.497 e. The van der Waals surface area contributed by atoms with E-state index in [0.29, 0.717) is 23.9 Å². The molecule has 3 rings (SSSR count). The number of ether oxygens (including phenoxy) is 3. The summed E-state index contributed by atoms with van der Waals surface area (Å²) in [4.78, 5) is 0.209. The minimum atomic E-state index is -3.63. The molecule has 0 radical (unpaired) electrons. The molecule has 3 aromatic carbocycles.